The SMILES string of the molecule is C=CC(=O)N1CCN(c2c(C#N)c(OCCCN3C[C@H]4CC[C@@H]3C4)nc3c2CCN(c2cccc4cccc(C)c24)C3)C[C@@H]1CC#N. The highest BCUT2D eigenvalue weighted by atomic mass is 16.5. The summed E-state index contributed by atoms with van der Waals surface area (Å²) >= 11 is 0. The molecule has 1 saturated carbocycles. The highest BCUT2D eigenvalue weighted by Gasteiger charge is 2.38. The lowest BCUT2D eigenvalue weighted by atomic mass is 9.95. The number of pyridine rings is 1. The molecule has 3 atom stereocenters. The lowest BCUT2D eigenvalue weighted by molar-refractivity contribution is -0.128. The first-order valence-electron chi connectivity index (χ1n) is 17.1. The molecule has 2 saturated heterocycles. The number of likely N-dealkylation sites (tertiary alicyclic amines) is 1. The molecule has 3 fully saturated rings. The zero-order valence-electron chi connectivity index (χ0n) is 27.3. The maximum Gasteiger partial charge on any atom is 0.246 e. The standard InChI is InChI=1S/C38H43N7O2/c1-3-35(46)45-19-18-44(24-30(45)13-15-39)37-31-14-17-43(34-10-5-9-28-8-4-7-26(2)36(28)34)25-33(31)41-38(32(37)22-40)47-20-6-16-42-23-27-11-12-29(42)21-27/h3-5,7-10,27,29-30H,1,6,11-14,16-21,23-25H2,2H3/t27-,29+,30-/m0/s1. The third kappa shape index (κ3) is 5.90. The third-order valence-corrected chi connectivity index (χ3v) is 10.8. The summed E-state index contributed by atoms with van der Waals surface area (Å²) in [4.78, 5) is 26.7. The van der Waals surface area contributed by atoms with Gasteiger partial charge in [0, 0.05) is 61.9 Å². The van der Waals surface area contributed by atoms with E-state index in [4.69, 9.17) is 9.72 Å². The molecule has 4 heterocycles. The average molecular weight is 630 g/mol. The zero-order valence-corrected chi connectivity index (χ0v) is 27.3. The summed E-state index contributed by atoms with van der Waals surface area (Å²) in [6.07, 6.45) is 7.15. The first kappa shape index (κ1) is 31.0. The molecule has 7 rings (SSSR count). The molecule has 3 aromatic rings. The molecule has 9 heteroatoms. The smallest absolute Gasteiger partial charge is 0.246 e. The number of aryl methyl sites for hydroxylation is 1. The highest BCUT2D eigenvalue weighted by Crippen LogP contribution is 2.40. The van der Waals surface area contributed by atoms with Crippen molar-refractivity contribution in [2.24, 2.45) is 5.92 Å². The number of benzene rings is 2. The Kier molecular flexibility index (Phi) is 8.75. The molecular formula is C38H43N7O2. The highest BCUT2D eigenvalue weighted by molar-refractivity contribution is 5.97. The molecule has 1 aromatic heterocycles. The summed E-state index contributed by atoms with van der Waals surface area (Å²) in [7, 11) is 0. The summed E-state index contributed by atoms with van der Waals surface area (Å²) in [5.74, 6) is 1.08. The van der Waals surface area contributed by atoms with Crippen molar-refractivity contribution >= 4 is 28.1 Å². The molecule has 47 heavy (non-hydrogen) atoms. The van der Waals surface area contributed by atoms with Gasteiger partial charge in [0.25, 0.3) is 0 Å². The first-order chi connectivity index (χ1) is 23.0. The normalized spacial score (nSPS) is 22.2. The fourth-order valence-electron chi connectivity index (χ4n) is 8.55. The monoisotopic (exact) mass is 629 g/mol. The minimum Gasteiger partial charge on any atom is -0.477 e. The van der Waals surface area contributed by atoms with Gasteiger partial charge in [-0.2, -0.15) is 10.5 Å². The van der Waals surface area contributed by atoms with Gasteiger partial charge < -0.3 is 19.4 Å². The Morgan fingerprint density at radius 2 is 1.96 bits per heavy atom. The summed E-state index contributed by atoms with van der Waals surface area (Å²) < 4.78 is 6.41. The summed E-state index contributed by atoms with van der Waals surface area (Å²) in [6.45, 7) is 11.4. The van der Waals surface area contributed by atoms with Crippen LogP contribution in [0.25, 0.3) is 10.8 Å². The molecule has 0 unspecified atom stereocenters. The largest absolute Gasteiger partial charge is 0.477 e. The van der Waals surface area contributed by atoms with Gasteiger partial charge in [-0.3, -0.25) is 9.69 Å². The predicted molar refractivity (Wildman–Crippen MR) is 183 cm³/mol. The Balaban J connectivity index is 1.21. The molecular weight excluding hydrogens is 586 g/mol. The lowest BCUT2D eigenvalue weighted by Crippen LogP contribution is -2.55. The average Bonchev–Trinajstić information content (AvgIpc) is 3.73. The van der Waals surface area contributed by atoms with E-state index in [0.29, 0.717) is 44.2 Å². The Labute approximate surface area is 277 Å². The Morgan fingerprint density at radius 3 is 2.70 bits per heavy atom. The van der Waals surface area contributed by atoms with Crippen molar-refractivity contribution in [3.63, 3.8) is 0 Å². The van der Waals surface area contributed by atoms with Gasteiger partial charge in [0.15, 0.2) is 0 Å². The molecule has 0 N–H and O–H groups in total. The number of piperazine rings is 1. The molecule has 1 aliphatic carbocycles. The first-order valence-corrected chi connectivity index (χ1v) is 17.1. The third-order valence-electron chi connectivity index (χ3n) is 10.8. The van der Waals surface area contributed by atoms with Gasteiger partial charge in [-0.25, -0.2) is 4.98 Å². The van der Waals surface area contributed by atoms with Crippen LogP contribution < -0.4 is 14.5 Å². The van der Waals surface area contributed by atoms with Gasteiger partial charge in [0.05, 0.1) is 43.1 Å². The summed E-state index contributed by atoms with van der Waals surface area (Å²) in [5.41, 5.74) is 5.72. The van der Waals surface area contributed by atoms with Crippen LogP contribution in [0.1, 0.15) is 54.5 Å². The van der Waals surface area contributed by atoms with Crippen LogP contribution in [0.2, 0.25) is 0 Å². The van der Waals surface area contributed by atoms with E-state index < -0.39 is 0 Å². The van der Waals surface area contributed by atoms with Gasteiger partial charge in [-0.05, 0) is 68.0 Å². The number of rotatable bonds is 9. The molecule has 1 amide bonds. The number of fused-ring (bicyclic) bond motifs is 4. The quantitative estimate of drug-likeness (QED) is 0.231. The van der Waals surface area contributed by atoms with Crippen molar-refractivity contribution in [2.45, 2.75) is 64.1 Å². The number of ether oxygens (including phenoxy) is 1. The summed E-state index contributed by atoms with van der Waals surface area (Å²) in [6, 6.07) is 18.0. The van der Waals surface area contributed by atoms with Gasteiger partial charge in [-0.15, -0.1) is 0 Å². The minimum atomic E-state index is -0.298. The minimum absolute atomic E-state index is 0.168. The number of piperidine rings is 1. The van der Waals surface area contributed by atoms with Crippen LogP contribution in [-0.2, 0) is 17.8 Å². The van der Waals surface area contributed by atoms with E-state index in [0.717, 1.165) is 54.8 Å². The fourth-order valence-corrected chi connectivity index (χ4v) is 8.55. The number of carbonyl (C=O) groups is 1. The predicted octanol–water partition coefficient (Wildman–Crippen LogP) is 5.35. The maximum atomic E-state index is 12.7. The van der Waals surface area contributed by atoms with E-state index in [-0.39, 0.29) is 18.4 Å². The van der Waals surface area contributed by atoms with E-state index in [1.54, 1.807) is 4.90 Å². The second kappa shape index (κ2) is 13.3. The Morgan fingerprint density at radius 1 is 1.11 bits per heavy atom. The summed E-state index contributed by atoms with van der Waals surface area (Å²) in [5, 5.41) is 22.7. The van der Waals surface area contributed by atoms with E-state index in [9.17, 15) is 15.3 Å². The topological polar surface area (TPSA) is 99.7 Å². The van der Waals surface area contributed by atoms with Gasteiger partial charge >= 0.3 is 0 Å². The number of carbonyl (C=O) groups excluding carboxylic acids is 1. The molecule has 0 spiro atoms. The number of nitriles is 2. The van der Waals surface area contributed by atoms with E-state index in [1.807, 2.05) is 0 Å². The maximum absolute atomic E-state index is 12.7. The molecule has 4 aliphatic rings. The van der Waals surface area contributed by atoms with Crippen LogP contribution in [0, 0.1) is 35.5 Å². The number of hydrogen-bond acceptors (Lipinski definition) is 8. The van der Waals surface area contributed by atoms with Gasteiger partial charge in [0.2, 0.25) is 11.8 Å². The second-order valence-electron chi connectivity index (χ2n) is 13.5. The van der Waals surface area contributed by atoms with Crippen molar-refractivity contribution < 1.29 is 9.53 Å². The number of aromatic nitrogens is 1. The molecule has 2 aromatic carbocycles. The van der Waals surface area contributed by atoms with Crippen LogP contribution in [0.3, 0.4) is 0 Å². The molecule has 242 valence electrons. The van der Waals surface area contributed by atoms with E-state index in [1.165, 1.54) is 53.9 Å². The molecule has 3 aliphatic heterocycles. The number of nitrogens with zero attached hydrogens (tertiary/aromatic N) is 7. The Bertz CT molecular complexity index is 1770. The van der Waals surface area contributed by atoms with Crippen LogP contribution in [0.15, 0.2) is 49.1 Å². The van der Waals surface area contributed by atoms with Gasteiger partial charge in [-0.1, -0.05) is 36.9 Å². The van der Waals surface area contributed by atoms with Crippen molar-refractivity contribution in [3.8, 4) is 18.0 Å². The van der Waals surface area contributed by atoms with Crippen molar-refractivity contribution in [1.29, 1.82) is 10.5 Å². The molecule has 2 bridgehead atoms. The number of hydrogen-bond donors (Lipinski definition) is 0. The van der Waals surface area contributed by atoms with Crippen molar-refractivity contribution in [2.75, 3.05) is 55.7 Å². The van der Waals surface area contributed by atoms with Gasteiger partial charge in [0.1, 0.15) is 11.6 Å². The van der Waals surface area contributed by atoms with Crippen molar-refractivity contribution in [1.82, 2.24) is 14.8 Å². The van der Waals surface area contributed by atoms with Crippen LogP contribution in [0.5, 0.6) is 5.88 Å². The second-order valence-corrected chi connectivity index (χ2v) is 13.5. The van der Waals surface area contributed by atoms with Crippen molar-refractivity contribution in [3.05, 3.63) is 71.4 Å². The van der Waals surface area contributed by atoms with E-state index >= 15 is 0 Å². The molecule has 9 nitrogen and oxygen atoms in total. The van der Waals surface area contributed by atoms with E-state index in [2.05, 4.69) is 76.7 Å². The Hall–Kier alpha value is -4.60. The van der Waals surface area contributed by atoms with Crippen LogP contribution in [-0.4, -0.2) is 78.7 Å². The lowest BCUT2D eigenvalue weighted by Gasteiger charge is -2.43. The number of amides is 1. The zero-order chi connectivity index (χ0) is 32.5. The molecule has 0 radical (unpaired) electrons. The van der Waals surface area contributed by atoms with Crippen LogP contribution in [0.4, 0.5) is 11.4 Å². The van der Waals surface area contributed by atoms with Crippen LogP contribution >= 0.6 is 0 Å². The fraction of sp³-hybridized carbons (Fsp3) is 0.474. The number of anilines is 2.